The highest BCUT2D eigenvalue weighted by atomic mass is 79.9. The molecule has 1 atom stereocenters. The van der Waals surface area contributed by atoms with Crippen LogP contribution in [-0.2, 0) is 4.79 Å². The van der Waals surface area contributed by atoms with E-state index in [0.717, 1.165) is 35.0 Å². The van der Waals surface area contributed by atoms with Crippen molar-refractivity contribution in [3.8, 4) is 0 Å². The second kappa shape index (κ2) is 5.98. The highest BCUT2D eigenvalue weighted by molar-refractivity contribution is 9.10. The fourth-order valence-electron chi connectivity index (χ4n) is 3.46. The van der Waals surface area contributed by atoms with Gasteiger partial charge < -0.3 is 5.32 Å². The van der Waals surface area contributed by atoms with Crippen molar-refractivity contribution in [2.75, 3.05) is 0 Å². The summed E-state index contributed by atoms with van der Waals surface area (Å²) in [6.07, 6.45) is 8.57. The molecule has 0 fully saturated rings. The molecule has 0 saturated heterocycles. The summed E-state index contributed by atoms with van der Waals surface area (Å²) in [6, 6.07) is 7.14. The average Bonchev–Trinajstić information content (AvgIpc) is 3.05. The summed E-state index contributed by atoms with van der Waals surface area (Å²) in [4.78, 5) is 28.7. The molecule has 4 nitrogen and oxygen atoms in total. The zero-order valence-electron chi connectivity index (χ0n) is 12.9. The maximum atomic E-state index is 12.3. The van der Waals surface area contributed by atoms with Gasteiger partial charge in [0, 0.05) is 27.2 Å². The van der Waals surface area contributed by atoms with E-state index in [4.69, 9.17) is 0 Å². The summed E-state index contributed by atoms with van der Waals surface area (Å²) in [5.41, 5.74) is 4.07. The number of benzene rings is 1. The van der Waals surface area contributed by atoms with Crippen LogP contribution in [0.1, 0.15) is 29.6 Å². The van der Waals surface area contributed by atoms with Gasteiger partial charge in [-0.05, 0) is 55.2 Å². The first-order valence-electron chi connectivity index (χ1n) is 7.93. The van der Waals surface area contributed by atoms with Gasteiger partial charge in [0.2, 0.25) is 0 Å². The Kier molecular flexibility index (Phi) is 3.81. The number of hydrogen-bond acceptors (Lipinski definition) is 2. The van der Waals surface area contributed by atoms with Crippen molar-refractivity contribution >= 4 is 33.5 Å². The van der Waals surface area contributed by atoms with Crippen LogP contribution < -0.4 is 5.32 Å². The van der Waals surface area contributed by atoms with Crippen LogP contribution in [0.5, 0.6) is 0 Å². The Morgan fingerprint density at radius 2 is 2.17 bits per heavy atom. The molecule has 1 heterocycles. The first-order valence-corrected chi connectivity index (χ1v) is 8.73. The molecular weight excluding hydrogens is 368 g/mol. The topological polar surface area (TPSA) is 58.5 Å². The van der Waals surface area contributed by atoms with Gasteiger partial charge >= 0.3 is 0 Å². The molecule has 2 amide bonds. The molecule has 3 aliphatic rings. The van der Waals surface area contributed by atoms with Crippen molar-refractivity contribution in [2.45, 2.75) is 19.3 Å². The number of nitrogens with zero attached hydrogens (tertiary/aromatic N) is 1. The number of nitrogens with one attached hydrogen (secondary N) is 1. The van der Waals surface area contributed by atoms with Gasteiger partial charge in [-0.15, -0.1) is 0 Å². The second-order valence-electron chi connectivity index (χ2n) is 6.10. The molecule has 1 aliphatic heterocycles. The molecule has 24 heavy (non-hydrogen) atoms. The maximum Gasteiger partial charge on any atom is 0.277 e. The Bertz CT molecular complexity index is 877. The number of allylic oxidation sites excluding steroid dienone is 3. The van der Waals surface area contributed by atoms with Gasteiger partial charge in [-0.3, -0.25) is 9.59 Å². The zero-order valence-corrected chi connectivity index (χ0v) is 14.5. The van der Waals surface area contributed by atoms with Gasteiger partial charge in [0.15, 0.2) is 0 Å². The number of aliphatic imine (C=N–C) groups is 1. The molecule has 1 N–H and O–H groups in total. The molecule has 2 aliphatic carbocycles. The van der Waals surface area contributed by atoms with Crippen LogP contribution in [0.3, 0.4) is 0 Å². The Morgan fingerprint density at radius 3 is 3.00 bits per heavy atom. The number of halogens is 1. The van der Waals surface area contributed by atoms with E-state index in [0.29, 0.717) is 11.3 Å². The Morgan fingerprint density at radius 1 is 1.29 bits per heavy atom. The minimum Gasteiger partial charge on any atom is -0.325 e. The number of hydrogen-bond donors (Lipinski definition) is 1. The van der Waals surface area contributed by atoms with Crippen molar-refractivity contribution in [1.82, 2.24) is 5.32 Å². The van der Waals surface area contributed by atoms with Gasteiger partial charge in [0.25, 0.3) is 11.8 Å². The largest absolute Gasteiger partial charge is 0.325 e. The van der Waals surface area contributed by atoms with Crippen LogP contribution in [0, 0.1) is 5.92 Å². The fraction of sp³-hybridized carbons (Fsp3) is 0.211. The number of carbonyl (C=O) groups excluding carboxylic acids is 2. The van der Waals surface area contributed by atoms with E-state index >= 15 is 0 Å². The van der Waals surface area contributed by atoms with Crippen molar-refractivity contribution in [3.63, 3.8) is 0 Å². The van der Waals surface area contributed by atoms with Gasteiger partial charge in [-0.2, -0.15) is 0 Å². The minimum atomic E-state index is -0.297. The van der Waals surface area contributed by atoms with Crippen LogP contribution in [-0.4, -0.2) is 17.5 Å². The molecule has 0 spiro atoms. The van der Waals surface area contributed by atoms with Gasteiger partial charge in [0.1, 0.15) is 0 Å². The van der Waals surface area contributed by atoms with Crippen LogP contribution >= 0.6 is 15.9 Å². The van der Waals surface area contributed by atoms with Crippen molar-refractivity contribution in [3.05, 3.63) is 69.4 Å². The summed E-state index contributed by atoms with van der Waals surface area (Å²) >= 11 is 3.35. The van der Waals surface area contributed by atoms with Gasteiger partial charge in [-0.25, -0.2) is 4.99 Å². The lowest BCUT2D eigenvalue weighted by Gasteiger charge is -2.28. The normalized spacial score (nSPS) is 23.7. The van der Waals surface area contributed by atoms with Crippen molar-refractivity contribution in [1.29, 1.82) is 0 Å². The SMILES string of the molecule is O=C1NC2=CC(=NC(=O)c3cccc(Br)c3)C=CC2C2=C1CCC2. The minimum absolute atomic E-state index is 0.00188. The highest BCUT2D eigenvalue weighted by Crippen LogP contribution is 2.39. The van der Waals surface area contributed by atoms with E-state index in [9.17, 15) is 9.59 Å². The molecule has 0 aromatic heterocycles. The average molecular weight is 383 g/mol. The first kappa shape index (κ1) is 15.3. The molecule has 0 radical (unpaired) electrons. The third kappa shape index (κ3) is 2.69. The second-order valence-corrected chi connectivity index (χ2v) is 7.02. The predicted octanol–water partition coefficient (Wildman–Crippen LogP) is 3.71. The molecule has 120 valence electrons. The van der Waals surface area contributed by atoms with Crippen LogP contribution in [0.2, 0.25) is 0 Å². The lowest BCUT2D eigenvalue weighted by Crippen LogP contribution is -2.35. The summed E-state index contributed by atoms with van der Waals surface area (Å²) < 4.78 is 0.839. The predicted molar refractivity (Wildman–Crippen MR) is 95.6 cm³/mol. The van der Waals surface area contributed by atoms with Crippen molar-refractivity contribution < 1.29 is 9.59 Å². The van der Waals surface area contributed by atoms with Gasteiger partial charge in [-0.1, -0.05) is 28.1 Å². The first-order chi connectivity index (χ1) is 11.6. The third-order valence-corrected chi connectivity index (χ3v) is 5.06. The molecule has 0 bridgehead atoms. The lowest BCUT2D eigenvalue weighted by atomic mass is 9.85. The third-order valence-electron chi connectivity index (χ3n) is 4.57. The smallest absolute Gasteiger partial charge is 0.277 e. The monoisotopic (exact) mass is 382 g/mol. The van der Waals surface area contributed by atoms with E-state index in [1.165, 1.54) is 5.57 Å². The molecule has 1 aromatic rings. The summed E-state index contributed by atoms with van der Waals surface area (Å²) in [7, 11) is 0. The van der Waals surface area contributed by atoms with E-state index in [-0.39, 0.29) is 17.7 Å². The fourth-order valence-corrected chi connectivity index (χ4v) is 3.86. The standard InChI is InChI=1S/C19H15BrN2O2/c20-12-4-1-3-11(9-12)18(23)21-13-7-8-15-14-5-2-6-16(14)19(24)22-17(15)10-13/h1,3-4,7-10,15H,2,5-6H2,(H,22,24). The van der Waals surface area contributed by atoms with Crippen molar-refractivity contribution in [2.24, 2.45) is 10.9 Å². The summed E-state index contributed by atoms with van der Waals surface area (Å²) in [5, 5.41) is 2.96. The molecule has 1 unspecified atom stereocenters. The maximum absolute atomic E-state index is 12.3. The van der Waals surface area contributed by atoms with Crippen LogP contribution in [0.4, 0.5) is 0 Å². The van der Waals surface area contributed by atoms with Gasteiger partial charge in [0.05, 0.1) is 5.71 Å². The van der Waals surface area contributed by atoms with E-state index in [1.54, 1.807) is 24.3 Å². The zero-order chi connectivity index (χ0) is 16.7. The number of rotatable bonds is 1. The van der Waals surface area contributed by atoms with E-state index in [1.807, 2.05) is 18.2 Å². The number of amides is 2. The number of fused-ring (bicyclic) bond motifs is 2. The molecule has 5 heteroatoms. The molecular formula is C19H15BrN2O2. The number of carbonyl (C=O) groups is 2. The van der Waals surface area contributed by atoms with E-state index in [2.05, 4.69) is 26.2 Å². The Labute approximate surface area is 148 Å². The summed E-state index contributed by atoms with van der Waals surface area (Å²) in [6.45, 7) is 0. The molecule has 0 saturated carbocycles. The molecule has 1 aromatic carbocycles. The Balaban J connectivity index is 1.63. The highest BCUT2D eigenvalue weighted by Gasteiger charge is 2.34. The van der Waals surface area contributed by atoms with Crippen LogP contribution in [0.15, 0.2) is 68.8 Å². The summed E-state index contributed by atoms with van der Waals surface area (Å²) in [5.74, 6) is -0.174. The van der Waals surface area contributed by atoms with E-state index < -0.39 is 0 Å². The quantitative estimate of drug-likeness (QED) is 0.804. The lowest BCUT2D eigenvalue weighted by molar-refractivity contribution is -0.117. The molecule has 4 rings (SSSR count). The Hall–Kier alpha value is -2.27. The van der Waals surface area contributed by atoms with Crippen LogP contribution in [0.25, 0.3) is 0 Å².